The summed E-state index contributed by atoms with van der Waals surface area (Å²) in [5.74, 6) is -5.98. The highest BCUT2D eigenvalue weighted by molar-refractivity contribution is 6.05. The van der Waals surface area contributed by atoms with E-state index in [0.717, 1.165) is 24.5 Å². The summed E-state index contributed by atoms with van der Waals surface area (Å²) in [6.07, 6.45) is -1.03. The highest BCUT2D eigenvalue weighted by Crippen LogP contribution is 2.41. The molecule has 4 N–H and O–H groups in total. The van der Waals surface area contributed by atoms with Crippen molar-refractivity contribution in [3.63, 3.8) is 0 Å². The average Bonchev–Trinajstić information content (AvgIpc) is 3.26. The van der Waals surface area contributed by atoms with E-state index in [4.69, 9.17) is 9.47 Å². The largest absolute Gasteiger partial charge is 0.444 e. The molecule has 2 atom stereocenters. The second kappa shape index (κ2) is 14.6. The fourth-order valence-corrected chi connectivity index (χ4v) is 4.38. The van der Waals surface area contributed by atoms with E-state index >= 15 is 0 Å². The first-order chi connectivity index (χ1) is 22.5. The van der Waals surface area contributed by atoms with Crippen LogP contribution in [0, 0.1) is 5.82 Å². The Morgan fingerprint density at radius 3 is 2.38 bits per heavy atom. The molecule has 48 heavy (non-hydrogen) atoms. The van der Waals surface area contributed by atoms with E-state index in [-0.39, 0.29) is 48.0 Å². The van der Waals surface area contributed by atoms with Gasteiger partial charge in [0.15, 0.2) is 0 Å². The molecule has 3 aromatic rings. The summed E-state index contributed by atoms with van der Waals surface area (Å²) in [6, 6.07) is 4.52. The molecule has 2 unspecified atom stereocenters. The molecular weight excluding hydrogens is 641 g/mol. The number of nitrogens with zero attached hydrogens (tertiary/aromatic N) is 4. The van der Waals surface area contributed by atoms with Crippen LogP contribution >= 0.6 is 0 Å². The molecule has 0 radical (unpaired) electrons. The summed E-state index contributed by atoms with van der Waals surface area (Å²) in [4.78, 5) is 73.4. The van der Waals surface area contributed by atoms with E-state index in [1.165, 1.54) is 25.3 Å². The summed E-state index contributed by atoms with van der Waals surface area (Å²) in [5, 5.41) is 9.79. The normalized spacial score (nSPS) is 16.9. The minimum Gasteiger partial charge on any atom is -0.444 e. The van der Waals surface area contributed by atoms with Crippen LogP contribution in [0.25, 0.3) is 0 Å². The number of rotatable bonds is 10. The third-order valence-corrected chi connectivity index (χ3v) is 6.48. The maximum Gasteiger partial charge on any atom is 0.412 e. The van der Waals surface area contributed by atoms with Gasteiger partial charge in [-0.25, -0.2) is 27.7 Å². The minimum atomic E-state index is -3.26. The van der Waals surface area contributed by atoms with Gasteiger partial charge in [0.1, 0.15) is 22.9 Å². The van der Waals surface area contributed by atoms with Gasteiger partial charge in [-0.3, -0.25) is 29.3 Å². The zero-order valence-electron chi connectivity index (χ0n) is 26.3. The first kappa shape index (κ1) is 35.5. The molecule has 256 valence electrons. The molecule has 2 aromatic heterocycles. The summed E-state index contributed by atoms with van der Waals surface area (Å²) in [6.45, 7) is 6.35. The lowest BCUT2D eigenvalue weighted by Crippen LogP contribution is -2.35. The third-order valence-electron chi connectivity index (χ3n) is 6.48. The van der Waals surface area contributed by atoms with E-state index in [9.17, 15) is 37.1 Å². The first-order valence-electron chi connectivity index (χ1n) is 14.6. The van der Waals surface area contributed by atoms with Crippen LogP contribution in [0.3, 0.4) is 0 Å². The number of anilines is 3. The lowest BCUT2D eigenvalue weighted by atomic mass is 10.2. The number of halogens is 3. The van der Waals surface area contributed by atoms with Crippen LogP contribution < -0.4 is 27.0 Å². The second-order valence-corrected chi connectivity index (χ2v) is 11.8. The Kier molecular flexibility index (Phi) is 10.8. The molecule has 1 fully saturated rings. The number of amides is 4. The monoisotopic (exact) mass is 674 g/mol. The van der Waals surface area contributed by atoms with Crippen molar-refractivity contribution in [2.75, 3.05) is 16.0 Å². The van der Waals surface area contributed by atoms with Gasteiger partial charge in [0.05, 0.1) is 42.1 Å². The number of nitrogens with one attached hydrogen (secondary N) is 4. The highest BCUT2D eigenvalue weighted by Gasteiger charge is 2.50. The fourth-order valence-electron chi connectivity index (χ4n) is 4.38. The molecule has 0 aliphatic carbocycles. The maximum atomic E-state index is 14.1. The van der Waals surface area contributed by atoms with Gasteiger partial charge in [0, 0.05) is 25.5 Å². The van der Waals surface area contributed by atoms with Crippen molar-refractivity contribution in [2.24, 2.45) is 0 Å². The van der Waals surface area contributed by atoms with E-state index in [0.29, 0.717) is 4.57 Å². The Bertz CT molecular complexity index is 1750. The van der Waals surface area contributed by atoms with Crippen molar-refractivity contribution in [1.29, 1.82) is 0 Å². The molecule has 3 heterocycles. The number of alkyl halides is 2. The molecule has 1 aromatic carbocycles. The van der Waals surface area contributed by atoms with Crippen molar-refractivity contribution in [3.05, 3.63) is 70.5 Å². The minimum absolute atomic E-state index is 0.0432. The van der Waals surface area contributed by atoms with E-state index in [1.807, 2.05) is 0 Å². The zero-order valence-corrected chi connectivity index (χ0v) is 26.3. The lowest BCUT2D eigenvalue weighted by Gasteiger charge is -2.20. The molecule has 0 bridgehead atoms. The Morgan fingerprint density at radius 2 is 1.75 bits per heavy atom. The number of carbonyl (C=O) groups excluding carboxylic acids is 4. The van der Waals surface area contributed by atoms with Crippen molar-refractivity contribution < 1.29 is 41.8 Å². The number of hydrogen-bond acceptors (Lipinski definition) is 10. The molecular formula is C30H33F3N8O7. The molecule has 1 aliphatic rings. The lowest BCUT2D eigenvalue weighted by molar-refractivity contribution is -0.124. The Balaban J connectivity index is 1.23. The molecule has 1 saturated heterocycles. The van der Waals surface area contributed by atoms with Crippen molar-refractivity contribution >= 4 is 41.0 Å². The smallest absolute Gasteiger partial charge is 0.412 e. The van der Waals surface area contributed by atoms with Gasteiger partial charge in [0.2, 0.25) is 18.0 Å². The molecule has 4 amide bonds. The van der Waals surface area contributed by atoms with Gasteiger partial charge in [-0.05, 0) is 52.0 Å². The van der Waals surface area contributed by atoms with Gasteiger partial charge in [-0.15, -0.1) is 0 Å². The number of carbonyl (C=O) groups is 4. The summed E-state index contributed by atoms with van der Waals surface area (Å²) >= 11 is 0. The van der Waals surface area contributed by atoms with Gasteiger partial charge in [0.25, 0.3) is 11.8 Å². The van der Waals surface area contributed by atoms with Crippen LogP contribution in [0.1, 0.15) is 69.4 Å². The van der Waals surface area contributed by atoms with Crippen molar-refractivity contribution in [1.82, 2.24) is 24.8 Å². The van der Waals surface area contributed by atoms with Crippen molar-refractivity contribution in [2.45, 2.75) is 77.4 Å². The van der Waals surface area contributed by atoms with Crippen LogP contribution in [0.15, 0.2) is 47.7 Å². The molecule has 4 rings (SSSR count). The molecule has 1 aliphatic heterocycles. The molecule has 0 spiro atoms. The second-order valence-electron chi connectivity index (χ2n) is 11.8. The quantitative estimate of drug-likeness (QED) is 0.246. The summed E-state index contributed by atoms with van der Waals surface area (Å²) < 4.78 is 53.1. The van der Waals surface area contributed by atoms with Gasteiger partial charge in [-0.1, -0.05) is 0 Å². The predicted molar refractivity (Wildman–Crippen MR) is 164 cm³/mol. The molecule has 0 saturated carbocycles. The van der Waals surface area contributed by atoms with E-state index in [1.54, 1.807) is 20.8 Å². The van der Waals surface area contributed by atoms with Gasteiger partial charge in [-0.2, -0.15) is 4.98 Å². The topological polar surface area (TPSA) is 196 Å². The van der Waals surface area contributed by atoms with Crippen molar-refractivity contribution in [3.8, 4) is 0 Å². The fraction of sp³-hybridized carbons (Fsp3) is 0.400. The SMILES string of the molecule is CC1CC(F)(F)C(n2ccc(NC(=O)CCC(=O)NCc3cnc(C(=O)Nc4ccc(F)cc4NC(=O)OC(C)(C)C)cn3)nc2=O)O1. The van der Waals surface area contributed by atoms with E-state index in [2.05, 4.69) is 36.2 Å². The molecule has 15 nitrogen and oxygen atoms in total. The van der Waals surface area contributed by atoms with Crippen LogP contribution in [0.5, 0.6) is 0 Å². The standard InChI is InChI=1S/C30H33F3N8O7/c1-16-12-30(32,33)26(47-16)41-10-9-22(40-27(41)45)39-24(43)8-7-23(42)36-14-18-13-35-21(15-34-18)25(44)37-19-6-5-17(31)11-20(19)38-28(46)48-29(2,3)4/h5-6,9-11,13,15-16,26H,7-8,12,14H2,1-4H3,(H,36,42)(H,37,44)(H,38,46)(H,39,40,43,45). The maximum absolute atomic E-state index is 14.1. The Morgan fingerprint density at radius 1 is 1.02 bits per heavy atom. The van der Waals surface area contributed by atoms with Crippen LogP contribution in [-0.2, 0) is 25.6 Å². The average molecular weight is 675 g/mol. The predicted octanol–water partition coefficient (Wildman–Crippen LogP) is 3.75. The third kappa shape index (κ3) is 9.81. The first-order valence-corrected chi connectivity index (χ1v) is 14.6. The van der Waals surface area contributed by atoms with Crippen LogP contribution in [0.4, 0.5) is 35.2 Å². The number of aromatic nitrogens is 4. The Labute approximate surface area is 271 Å². The van der Waals surface area contributed by atoms with Gasteiger partial charge < -0.3 is 25.4 Å². The molecule has 18 heteroatoms. The van der Waals surface area contributed by atoms with Gasteiger partial charge >= 0.3 is 11.8 Å². The number of ether oxygens (including phenoxy) is 2. The van der Waals surface area contributed by atoms with E-state index < -0.39 is 65.6 Å². The van der Waals surface area contributed by atoms with Crippen LogP contribution in [0.2, 0.25) is 0 Å². The zero-order chi connectivity index (χ0) is 35.2. The number of hydrogen-bond donors (Lipinski definition) is 4. The summed E-state index contributed by atoms with van der Waals surface area (Å²) in [5.41, 5.74) is -1.64. The number of benzene rings is 1. The highest BCUT2D eigenvalue weighted by atomic mass is 19.3. The van der Waals surface area contributed by atoms with Crippen LogP contribution in [-0.4, -0.2) is 61.0 Å². The summed E-state index contributed by atoms with van der Waals surface area (Å²) in [7, 11) is 0. The Hall–Kier alpha value is -5.39.